The van der Waals surface area contributed by atoms with Gasteiger partial charge < -0.3 is 20.1 Å². The number of carbonyl (C=O) groups is 2. The first-order valence-corrected chi connectivity index (χ1v) is 13.5. The molecule has 9 heteroatoms. The lowest BCUT2D eigenvalue weighted by atomic mass is 9.89. The third kappa shape index (κ3) is 6.10. The van der Waals surface area contributed by atoms with Gasteiger partial charge in [-0.05, 0) is 54.4 Å². The largest absolute Gasteiger partial charge is 0.491 e. The summed E-state index contributed by atoms with van der Waals surface area (Å²) < 4.78 is 6.09. The predicted octanol–water partition coefficient (Wildman–Crippen LogP) is 4.57. The highest BCUT2D eigenvalue weighted by molar-refractivity contribution is 7.99. The number of carboxylic acid groups (broad SMARTS) is 1. The van der Waals surface area contributed by atoms with Crippen molar-refractivity contribution in [1.29, 1.82) is 0 Å². The minimum atomic E-state index is -0.997. The minimum absolute atomic E-state index is 0.0823. The molecule has 0 bridgehead atoms. The SMILES string of the molecule is O=C(O)c1cccc(-c2cc(Cl)ccc2OCCN2CNC3CNC(Sc4ccccc4)CC3C2=O)c1. The molecule has 7 nitrogen and oxygen atoms in total. The smallest absolute Gasteiger partial charge is 0.335 e. The molecule has 0 aliphatic carbocycles. The molecule has 3 N–H and O–H groups in total. The van der Waals surface area contributed by atoms with Crippen LogP contribution in [0.15, 0.2) is 77.7 Å². The highest BCUT2D eigenvalue weighted by atomic mass is 35.5. The summed E-state index contributed by atoms with van der Waals surface area (Å²) >= 11 is 7.99. The summed E-state index contributed by atoms with van der Waals surface area (Å²) in [6, 6.07) is 22.3. The van der Waals surface area contributed by atoms with E-state index < -0.39 is 5.97 Å². The first kappa shape index (κ1) is 25.6. The van der Waals surface area contributed by atoms with Gasteiger partial charge in [-0.15, -0.1) is 11.8 Å². The molecule has 1 amide bonds. The zero-order valence-electron chi connectivity index (χ0n) is 20.1. The number of amides is 1. The highest BCUT2D eigenvalue weighted by Gasteiger charge is 2.40. The van der Waals surface area contributed by atoms with Crippen molar-refractivity contribution >= 4 is 35.2 Å². The predicted molar refractivity (Wildman–Crippen MR) is 145 cm³/mol. The van der Waals surface area contributed by atoms with Crippen LogP contribution in [0.1, 0.15) is 16.8 Å². The summed E-state index contributed by atoms with van der Waals surface area (Å²) in [7, 11) is 0. The lowest BCUT2D eigenvalue weighted by molar-refractivity contribution is -0.142. The standard InChI is InChI=1S/C28H28ClN3O4S/c29-20-9-10-25(22(14-20)18-5-4-6-19(13-18)28(34)35)36-12-11-32-17-31-24-16-30-26(15-23(24)27(32)33)37-21-7-2-1-3-8-21/h1-10,13-14,23-24,26,30-31H,11-12,15-17H2,(H,34,35). The van der Waals surface area contributed by atoms with Gasteiger partial charge in [0.15, 0.2) is 0 Å². The van der Waals surface area contributed by atoms with Crippen LogP contribution in [0.2, 0.25) is 5.02 Å². The van der Waals surface area contributed by atoms with Gasteiger partial charge in [0.25, 0.3) is 0 Å². The molecule has 0 radical (unpaired) electrons. The number of benzene rings is 3. The van der Waals surface area contributed by atoms with Crippen LogP contribution in [-0.4, -0.2) is 59.7 Å². The van der Waals surface area contributed by atoms with Crippen molar-refractivity contribution in [3.8, 4) is 16.9 Å². The fourth-order valence-corrected chi connectivity index (χ4v) is 6.09. The number of carbonyl (C=O) groups excluding carboxylic acids is 1. The van der Waals surface area contributed by atoms with Crippen LogP contribution < -0.4 is 15.4 Å². The molecule has 2 saturated heterocycles. The Morgan fingerprint density at radius 1 is 1.08 bits per heavy atom. The number of piperidine rings is 1. The molecule has 3 aromatic carbocycles. The van der Waals surface area contributed by atoms with E-state index >= 15 is 0 Å². The van der Waals surface area contributed by atoms with Gasteiger partial charge >= 0.3 is 5.97 Å². The number of halogens is 1. The average Bonchev–Trinajstić information content (AvgIpc) is 2.91. The van der Waals surface area contributed by atoms with E-state index in [1.807, 2.05) is 29.2 Å². The van der Waals surface area contributed by atoms with E-state index in [-0.39, 0.29) is 28.8 Å². The van der Waals surface area contributed by atoms with Gasteiger partial charge in [0, 0.05) is 28.1 Å². The van der Waals surface area contributed by atoms with Crippen LogP contribution in [-0.2, 0) is 4.79 Å². The number of hydrogen-bond acceptors (Lipinski definition) is 6. The second-order valence-corrected chi connectivity index (χ2v) is 10.8. The lowest BCUT2D eigenvalue weighted by Gasteiger charge is -2.43. The Morgan fingerprint density at radius 3 is 2.73 bits per heavy atom. The van der Waals surface area contributed by atoms with Crippen LogP contribution in [0.25, 0.3) is 11.1 Å². The molecule has 0 spiro atoms. The topological polar surface area (TPSA) is 90.9 Å². The minimum Gasteiger partial charge on any atom is -0.491 e. The van der Waals surface area contributed by atoms with Crippen LogP contribution in [0.4, 0.5) is 0 Å². The molecule has 5 rings (SSSR count). The van der Waals surface area contributed by atoms with E-state index in [2.05, 4.69) is 22.8 Å². The van der Waals surface area contributed by atoms with Crippen molar-refractivity contribution in [3.63, 3.8) is 0 Å². The van der Waals surface area contributed by atoms with Gasteiger partial charge in [-0.3, -0.25) is 10.1 Å². The first-order valence-electron chi connectivity index (χ1n) is 12.2. The Bertz CT molecular complexity index is 1280. The third-order valence-corrected chi connectivity index (χ3v) is 8.12. The van der Waals surface area contributed by atoms with Gasteiger partial charge in [-0.25, -0.2) is 4.79 Å². The molecule has 3 unspecified atom stereocenters. The Kier molecular flexibility index (Phi) is 8.00. The van der Waals surface area contributed by atoms with Crippen molar-refractivity contribution < 1.29 is 19.4 Å². The third-order valence-electron chi connectivity index (χ3n) is 6.69. The van der Waals surface area contributed by atoms with Crippen molar-refractivity contribution in [2.75, 3.05) is 26.4 Å². The number of hydrogen-bond donors (Lipinski definition) is 3. The molecule has 3 atom stereocenters. The van der Waals surface area contributed by atoms with Crippen molar-refractivity contribution in [2.24, 2.45) is 5.92 Å². The summed E-state index contributed by atoms with van der Waals surface area (Å²) in [6.45, 7) is 1.99. The molecule has 192 valence electrons. The van der Waals surface area contributed by atoms with Crippen molar-refractivity contribution in [1.82, 2.24) is 15.5 Å². The molecule has 0 saturated carbocycles. The van der Waals surface area contributed by atoms with E-state index in [1.165, 1.54) is 4.90 Å². The summed E-state index contributed by atoms with van der Waals surface area (Å²) in [5, 5.41) is 17.1. The Labute approximate surface area is 225 Å². The fourth-order valence-electron chi connectivity index (χ4n) is 4.79. The number of nitrogens with one attached hydrogen (secondary N) is 2. The van der Waals surface area contributed by atoms with E-state index in [0.29, 0.717) is 41.7 Å². The fraction of sp³-hybridized carbons (Fsp3) is 0.286. The number of aromatic carboxylic acids is 1. The number of fused-ring (bicyclic) bond motifs is 1. The van der Waals surface area contributed by atoms with Crippen molar-refractivity contribution in [2.45, 2.75) is 22.7 Å². The lowest BCUT2D eigenvalue weighted by Crippen LogP contribution is -2.64. The molecule has 3 aromatic rings. The van der Waals surface area contributed by atoms with Gasteiger partial charge in [0.05, 0.1) is 30.1 Å². The Balaban J connectivity index is 1.22. The van der Waals surface area contributed by atoms with Gasteiger partial charge in [0.1, 0.15) is 12.4 Å². The molecule has 2 aliphatic rings. The molecule has 2 heterocycles. The molecule has 0 aromatic heterocycles. The molecular weight excluding hydrogens is 510 g/mol. The van der Waals surface area contributed by atoms with Crippen LogP contribution in [0.5, 0.6) is 5.75 Å². The maximum atomic E-state index is 13.4. The number of carboxylic acids is 1. The molecule has 2 aliphatic heterocycles. The number of ether oxygens (including phenoxy) is 1. The Morgan fingerprint density at radius 2 is 1.92 bits per heavy atom. The van der Waals surface area contributed by atoms with Gasteiger partial charge in [0.2, 0.25) is 5.91 Å². The summed E-state index contributed by atoms with van der Waals surface area (Å²) in [5.74, 6) is -0.342. The van der Waals surface area contributed by atoms with Gasteiger partial charge in [-0.2, -0.15) is 0 Å². The summed E-state index contributed by atoms with van der Waals surface area (Å²) in [5.41, 5.74) is 1.60. The van der Waals surface area contributed by atoms with E-state index in [1.54, 1.807) is 48.2 Å². The zero-order chi connectivity index (χ0) is 25.8. The monoisotopic (exact) mass is 537 g/mol. The van der Waals surface area contributed by atoms with Crippen LogP contribution in [0.3, 0.4) is 0 Å². The van der Waals surface area contributed by atoms with Crippen LogP contribution in [0, 0.1) is 5.92 Å². The normalized spacial score (nSPS) is 21.4. The zero-order valence-corrected chi connectivity index (χ0v) is 21.7. The Hall–Kier alpha value is -3.04. The summed E-state index contributed by atoms with van der Waals surface area (Å²) in [4.78, 5) is 27.8. The van der Waals surface area contributed by atoms with E-state index in [0.717, 1.165) is 13.0 Å². The quantitative estimate of drug-likeness (QED) is 0.388. The van der Waals surface area contributed by atoms with E-state index in [4.69, 9.17) is 16.3 Å². The molecular formula is C28H28ClN3O4S. The first-order chi connectivity index (χ1) is 18.0. The number of nitrogens with zero attached hydrogens (tertiary/aromatic N) is 1. The summed E-state index contributed by atoms with van der Waals surface area (Å²) in [6.07, 6.45) is 0.759. The number of rotatable bonds is 8. The molecule has 37 heavy (non-hydrogen) atoms. The average molecular weight is 538 g/mol. The number of thioether (sulfide) groups is 1. The highest BCUT2D eigenvalue weighted by Crippen LogP contribution is 2.34. The van der Waals surface area contributed by atoms with Gasteiger partial charge in [-0.1, -0.05) is 41.9 Å². The maximum absolute atomic E-state index is 13.4. The maximum Gasteiger partial charge on any atom is 0.335 e. The second kappa shape index (κ2) is 11.6. The van der Waals surface area contributed by atoms with E-state index in [9.17, 15) is 14.7 Å². The van der Waals surface area contributed by atoms with Crippen LogP contribution >= 0.6 is 23.4 Å². The van der Waals surface area contributed by atoms with Crippen molar-refractivity contribution in [3.05, 3.63) is 83.4 Å². The second-order valence-electron chi connectivity index (χ2n) is 9.12. The molecule has 2 fully saturated rings.